The lowest BCUT2D eigenvalue weighted by molar-refractivity contribution is -0.143. The highest BCUT2D eigenvalue weighted by atomic mass is 32.1. The third kappa shape index (κ3) is 9.59. The van der Waals surface area contributed by atoms with E-state index in [1.807, 2.05) is 0 Å². The number of hydrogen-bond donors (Lipinski definition) is 1. The number of aromatic carboxylic acids is 1. The summed E-state index contributed by atoms with van der Waals surface area (Å²) in [5.74, 6) is -1.14. The zero-order valence-corrected chi connectivity index (χ0v) is 30.1. The smallest absolute Gasteiger partial charge is 0.416 e. The fraction of sp³-hybridized carbons (Fsp3) is 0.378. The van der Waals surface area contributed by atoms with Crippen LogP contribution >= 0.6 is 11.3 Å². The van der Waals surface area contributed by atoms with E-state index in [9.17, 15) is 54.2 Å². The Morgan fingerprint density at radius 3 is 1.89 bits per heavy atom. The Kier molecular flexibility index (Phi) is 12.2. The van der Waals surface area contributed by atoms with Crippen molar-refractivity contribution in [3.8, 4) is 21.8 Å². The van der Waals surface area contributed by atoms with Crippen LogP contribution in [0.2, 0.25) is 0 Å². The molecule has 296 valence electrons. The van der Waals surface area contributed by atoms with E-state index in [1.54, 1.807) is 19.9 Å². The first-order valence-corrected chi connectivity index (χ1v) is 17.5. The molecule has 2 aliphatic rings. The van der Waals surface area contributed by atoms with E-state index in [0.29, 0.717) is 39.6 Å². The van der Waals surface area contributed by atoms with Crippen molar-refractivity contribution in [1.29, 1.82) is 0 Å². The number of amides is 1. The van der Waals surface area contributed by atoms with Gasteiger partial charge in [0.1, 0.15) is 11.1 Å². The summed E-state index contributed by atoms with van der Waals surface area (Å²) in [6.45, 7) is 7.33. The van der Waals surface area contributed by atoms with Gasteiger partial charge < -0.3 is 19.3 Å². The van der Waals surface area contributed by atoms with Crippen molar-refractivity contribution in [3.05, 3.63) is 98.4 Å². The third-order valence-corrected chi connectivity index (χ3v) is 10.1. The Morgan fingerprint density at radius 2 is 1.40 bits per heavy atom. The van der Waals surface area contributed by atoms with Gasteiger partial charge in [-0.05, 0) is 79.4 Å². The van der Waals surface area contributed by atoms with Gasteiger partial charge in [-0.3, -0.25) is 4.90 Å². The molecule has 3 heterocycles. The van der Waals surface area contributed by atoms with E-state index in [4.69, 9.17) is 19.2 Å². The van der Waals surface area contributed by atoms with Crippen molar-refractivity contribution >= 4 is 23.4 Å². The topological polar surface area (TPSA) is 98.2 Å². The molecule has 2 aliphatic heterocycles. The molecule has 1 N–H and O–H groups in total. The minimum atomic E-state index is -5.16. The molecule has 55 heavy (non-hydrogen) atoms. The lowest BCUT2D eigenvalue weighted by Crippen LogP contribution is -2.32. The molecule has 8 nitrogen and oxygen atoms in total. The largest absolute Gasteiger partial charge is 0.478 e. The van der Waals surface area contributed by atoms with Crippen LogP contribution in [0.5, 0.6) is 0 Å². The molecular formula is C37H33F9N2O6S. The summed E-state index contributed by atoms with van der Waals surface area (Å²) in [6, 6.07) is 6.85. The molecule has 6 rings (SSSR count). The molecule has 0 radical (unpaired) electrons. The number of thiazole rings is 1. The first-order chi connectivity index (χ1) is 25.7. The van der Waals surface area contributed by atoms with Crippen LogP contribution in [0, 0.1) is 6.92 Å². The SMILES string of the molecule is C1COCCO1.CCc1sc(-c2ccc(C(=O)O)cc2C)nc1-c1ccc(C(F)(F)F)cc1CN1C(=O)O[C@H](c2cc(C(F)(F)F)cc(C(F)(F)F)c2)[C@@H]1C. The van der Waals surface area contributed by atoms with Crippen LogP contribution in [0.15, 0.2) is 54.6 Å². The number of carboxylic acids is 1. The number of alkyl halides is 9. The van der Waals surface area contributed by atoms with Gasteiger partial charge in [-0.15, -0.1) is 11.3 Å². The van der Waals surface area contributed by atoms with Gasteiger partial charge >= 0.3 is 30.6 Å². The molecule has 1 amide bonds. The molecule has 1 aromatic heterocycles. The number of benzene rings is 3. The van der Waals surface area contributed by atoms with E-state index in [2.05, 4.69) is 0 Å². The molecule has 0 spiro atoms. The zero-order chi connectivity index (χ0) is 40.5. The number of aryl methyl sites for hydroxylation is 2. The molecule has 3 aromatic carbocycles. The van der Waals surface area contributed by atoms with Crippen LogP contribution < -0.4 is 0 Å². The number of cyclic esters (lactones) is 1. The van der Waals surface area contributed by atoms with Crippen molar-refractivity contribution in [2.45, 2.75) is 64.4 Å². The maximum Gasteiger partial charge on any atom is 0.416 e. The van der Waals surface area contributed by atoms with E-state index in [-0.39, 0.29) is 28.5 Å². The summed E-state index contributed by atoms with van der Waals surface area (Å²) in [6.07, 6.45) is -17.5. The Balaban J connectivity index is 0.000000881. The summed E-state index contributed by atoms with van der Waals surface area (Å²) in [5, 5.41) is 9.77. The standard InChI is InChI=1S/C33H25F9N2O4S.C4H8O2/c1-4-25-26(43-28(49-25)23-7-5-17(29(45)46)9-15(23)2)24-8-6-20(31(34,35)36)12-19(24)14-44-16(3)27(48-30(44)47)18-10-21(32(37,38)39)13-22(11-18)33(40,41)42;1-2-6-4-3-5-1/h5-13,16,27H,4,14H2,1-3H3,(H,45,46);1-4H2/t16-,27-;/m0./s1. The van der Waals surface area contributed by atoms with E-state index in [1.165, 1.54) is 36.5 Å². The molecule has 2 saturated heterocycles. The molecule has 2 atom stereocenters. The number of aromatic nitrogens is 1. The van der Waals surface area contributed by atoms with Crippen LogP contribution in [0.1, 0.15) is 68.6 Å². The average Bonchev–Trinajstić information content (AvgIpc) is 3.67. The van der Waals surface area contributed by atoms with Crippen LogP contribution in [-0.4, -0.2) is 59.5 Å². The second-order valence-corrected chi connectivity index (χ2v) is 13.7. The molecule has 0 unspecified atom stereocenters. The number of hydrogen-bond acceptors (Lipinski definition) is 7. The summed E-state index contributed by atoms with van der Waals surface area (Å²) < 4.78 is 138. The van der Waals surface area contributed by atoms with Gasteiger partial charge in [0.05, 0.1) is 67.0 Å². The van der Waals surface area contributed by atoms with Crippen molar-refractivity contribution in [3.63, 3.8) is 0 Å². The quantitative estimate of drug-likeness (QED) is 0.186. The monoisotopic (exact) mass is 804 g/mol. The van der Waals surface area contributed by atoms with Gasteiger partial charge in [-0.25, -0.2) is 14.6 Å². The number of carboxylic acid groups (broad SMARTS) is 1. The van der Waals surface area contributed by atoms with Gasteiger partial charge in [-0.2, -0.15) is 39.5 Å². The molecule has 0 bridgehead atoms. The van der Waals surface area contributed by atoms with Crippen molar-refractivity contribution < 1.29 is 68.4 Å². The Morgan fingerprint density at radius 1 is 0.836 bits per heavy atom. The van der Waals surface area contributed by atoms with E-state index >= 15 is 0 Å². The van der Waals surface area contributed by atoms with Crippen molar-refractivity contribution in [1.82, 2.24) is 9.88 Å². The second kappa shape index (κ2) is 16.2. The first-order valence-electron chi connectivity index (χ1n) is 16.7. The summed E-state index contributed by atoms with van der Waals surface area (Å²) >= 11 is 1.23. The van der Waals surface area contributed by atoms with Crippen LogP contribution in [-0.2, 0) is 45.7 Å². The van der Waals surface area contributed by atoms with E-state index < -0.39 is 71.5 Å². The minimum Gasteiger partial charge on any atom is -0.478 e. The second-order valence-electron chi connectivity index (χ2n) is 12.6. The highest BCUT2D eigenvalue weighted by Crippen LogP contribution is 2.43. The first kappa shape index (κ1) is 41.5. The fourth-order valence-electron chi connectivity index (χ4n) is 6.01. The van der Waals surface area contributed by atoms with Crippen LogP contribution in [0.25, 0.3) is 21.8 Å². The Bertz CT molecular complexity index is 2000. The summed E-state index contributed by atoms with van der Waals surface area (Å²) in [4.78, 5) is 30.8. The van der Waals surface area contributed by atoms with Crippen LogP contribution in [0.3, 0.4) is 0 Å². The number of carbonyl (C=O) groups excluding carboxylic acids is 1. The summed E-state index contributed by atoms with van der Waals surface area (Å²) in [5.41, 5.74) is -3.22. The highest BCUT2D eigenvalue weighted by molar-refractivity contribution is 7.15. The molecule has 0 saturated carbocycles. The number of nitrogens with zero attached hydrogens (tertiary/aromatic N) is 2. The number of halogens is 9. The third-order valence-electron chi connectivity index (χ3n) is 8.83. The highest BCUT2D eigenvalue weighted by Gasteiger charge is 2.44. The van der Waals surface area contributed by atoms with Crippen molar-refractivity contribution in [2.75, 3.05) is 26.4 Å². The van der Waals surface area contributed by atoms with Crippen molar-refractivity contribution in [2.24, 2.45) is 0 Å². The maximum absolute atomic E-state index is 13.9. The Hall–Kier alpha value is -4.68. The summed E-state index contributed by atoms with van der Waals surface area (Å²) in [7, 11) is 0. The molecule has 4 aromatic rings. The van der Waals surface area contributed by atoms with Gasteiger partial charge in [0.2, 0.25) is 0 Å². The van der Waals surface area contributed by atoms with Gasteiger partial charge in [-0.1, -0.05) is 19.1 Å². The minimum absolute atomic E-state index is 0.0449. The maximum atomic E-state index is 13.9. The molecule has 18 heteroatoms. The average molecular weight is 805 g/mol. The molecular weight excluding hydrogens is 771 g/mol. The fourth-order valence-corrected chi connectivity index (χ4v) is 7.12. The lowest BCUT2D eigenvalue weighted by atomic mass is 9.96. The Labute approximate surface area is 312 Å². The molecule has 2 fully saturated rings. The predicted molar refractivity (Wildman–Crippen MR) is 181 cm³/mol. The lowest BCUT2D eigenvalue weighted by Gasteiger charge is -2.24. The number of ether oxygens (including phenoxy) is 3. The van der Waals surface area contributed by atoms with Gasteiger partial charge in [0, 0.05) is 16.0 Å². The molecule has 0 aliphatic carbocycles. The van der Waals surface area contributed by atoms with Crippen LogP contribution in [0.4, 0.5) is 44.3 Å². The predicted octanol–water partition coefficient (Wildman–Crippen LogP) is 10.2. The van der Waals surface area contributed by atoms with E-state index in [0.717, 1.165) is 43.5 Å². The number of carbonyl (C=O) groups is 2. The van der Waals surface area contributed by atoms with Gasteiger partial charge in [0.25, 0.3) is 0 Å². The zero-order valence-electron chi connectivity index (χ0n) is 29.3. The number of rotatable bonds is 7. The van der Waals surface area contributed by atoms with Gasteiger partial charge in [0.15, 0.2) is 0 Å². The normalized spacial score (nSPS) is 17.8.